The topological polar surface area (TPSA) is 102 Å². The molecule has 0 atom stereocenters. The Morgan fingerprint density at radius 2 is 1.76 bits per heavy atom. The first kappa shape index (κ1) is 23.0. The average Bonchev–Trinajstić information content (AvgIpc) is 2.82. The van der Waals surface area contributed by atoms with Gasteiger partial charge in [-0.25, -0.2) is 8.42 Å². The van der Waals surface area contributed by atoms with Gasteiger partial charge in [-0.3, -0.25) is 9.20 Å². The van der Waals surface area contributed by atoms with Crippen LogP contribution in [-0.2, 0) is 9.84 Å². The van der Waals surface area contributed by atoms with Crippen LogP contribution < -0.4 is 10.3 Å². The van der Waals surface area contributed by atoms with Gasteiger partial charge < -0.3 is 4.74 Å². The fraction of sp³-hybridized carbons (Fsp3) is 0.115. The molecule has 7 nitrogen and oxygen atoms in total. The number of hydrogen-bond donors (Lipinski definition) is 0. The van der Waals surface area contributed by atoms with E-state index in [1.165, 1.54) is 22.7 Å². The maximum Gasteiger partial charge on any atom is 0.269 e. The molecule has 0 fully saturated rings. The number of benzene rings is 2. The maximum absolute atomic E-state index is 13.4. The van der Waals surface area contributed by atoms with Crippen LogP contribution in [0.4, 0.5) is 0 Å². The van der Waals surface area contributed by atoms with Crippen molar-refractivity contribution >= 4 is 21.6 Å². The highest BCUT2D eigenvalue weighted by molar-refractivity contribution is 7.95. The van der Waals surface area contributed by atoms with Gasteiger partial charge in [-0.1, -0.05) is 42.0 Å². The number of ether oxygens (including phenoxy) is 1. The highest BCUT2D eigenvalue weighted by Crippen LogP contribution is 2.29. The third-order valence-corrected chi connectivity index (χ3v) is 7.00. The molecule has 2 aromatic heterocycles. The smallest absolute Gasteiger partial charge is 0.269 e. The second kappa shape index (κ2) is 8.96. The van der Waals surface area contributed by atoms with Crippen molar-refractivity contribution in [2.24, 2.45) is 0 Å². The quantitative estimate of drug-likeness (QED) is 0.389. The number of hydrogen-bond acceptors (Lipinski definition) is 6. The van der Waals surface area contributed by atoms with Crippen LogP contribution in [0.5, 0.6) is 11.6 Å². The van der Waals surface area contributed by atoms with Crippen molar-refractivity contribution in [2.75, 3.05) is 0 Å². The lowest BCUT2D eigenvalue weighted by molar-refractivity contribution is 0.457. The van der Waals surface area contributed by atoms with Crippen molar-refractivity contribution in [1.29, 1.82) is 5.26 Å². The Hall–Kier alpha value is -4.22. The molecule has 170 valence electrons. The summed E-state index contributed by atoms with van der Waals surface area (Å²) in [5.41, 5.74) is 2.27. The van der Waals surface area contributed by atoms with Gasteiger partial charge in [0.05, 0.1) is 4.90 Å². The van der Waals surface area contributed by atoms with Gasteiger partial charge in [0, 0.05) is 6.20 Å². The molecular formula is C26H21N3O4S. The van der Waals surface area contributed by atoms with Gasteiger partial charge in [0.2, 0.25) is 15.7 Å². The van der Waals surface area contributed by atoms with Crippen molar-refractivity contribution in [3.63, 3.8) is 0 Å². The molecule has 0 aliphatic heterocycles. The summed E-state index contributed by atoms with van der Waals surface area (Å²) >= 11 is 0. The van der Waals surface area contributed by atoms with E-state index < -0.39 is 20.3 Å². The zero-order valence-electron chi connectivity index (χ0n) is 18.8. The number of pyridine rings is 1. The molecule has 0 unspecified atom stereocenters. The van der Waals surface area contributed by atoms with E-state index in [1.807, 2.05) is 26.0 Å². The Balaban J connectivity index is 1.99. The molecule has 0 saturated carbocycles. The van der Waals surface area contributed by atoms with Gasteiger partial charge in [0.25, 0.3) is 5.56 Å². The number of allylic oxidation sites excluding steroid dienone is 1. The lowest BCUT2D eigenvalue weighted by atomic mass is 10.1. The first-order valence-electron chi connectivity index (χ1n) is 10.4. The number of rotatable bonds is 5. The fourth-order valence-corrected chi connectivity index (χ4v) is 4.70. The van der Waals surface area contributed by atoms with Crippen molar-refractivity contribution < 1.29 is 13.2 Å². The fourth-order valence-electron chi connectivity index (χ4n) is 3.54. The molecule has 8 heteroatoms. The molecule has 0 radical (unpaired) electrons. The van der Waals surface area contributed by atoms with Gasteiger partial charge in [-0.2, -0.15) is 10.2 Å². The lowest BCUT2D eigenvalue weighted by Crippen LogP contribution is -2.20. The van der Waals surface area contributed by atoms with E-state index in [0.717, 1.165) is 22.8 Å². The number of aryl methyl sites for hydroxylation is 3. The van der Waals surface area contributed by atoms with Crippen LogP contribution in [0, 0.1) is 32.1 Å². The van der Waals surface area contributed by atoms with E-state index in [4.69, 9.17) is 4.74 Å². The van der Waals surface area contributed by atoms with E-state index in [1.54, 1.807) is 49.4 Å². The van der Waals surface area contributed by atoms with Crippen molar-refractivity contribution in [2.45, 2.75) is 25.7 Å². The van der Waals surface area contributed by atoms with Crippen molar-refractivity contribution in [3.8, 4) is 17.7 Å². The van der Waals surface area contributed by atoms with E-state index in [-0.39, 0.29) is 16.3 Å². The van der Waals surface area contributed by atoms with E-state index in [9.17, 15) is 18.5 Å². The molecule has 2 aromatic carbocycles. The molecule has 34 heavy (non-hydrogen) atoms. The van der Waals surface area contributed by atoms with Crippen LogP contribution in [0.15, 0.2) is 81.5 Å². The highest BCUT2D eigenvalue weighted by Gasteiger charge is 2.23. The third-order valence-electron chi connectivity index (χ3n) is 5.32. The summed E-state index contributed by atoms with van der Waals surface area (Å²) in [6, 6.07) is 18.3. The molecule has 0 saturated heterocycles. The molecule has 0 aliphatic rings. The first-order valence-corrected chi connectivity index (χ1v) is 11.9. The SMILES string of the molecule is Cc1ccc(Oc2nc3c(C)cccn3c(=O)c2/C=C(\C#N)S(=O)(=O)c2ccccc2)c(C)c1. The molecule has 0 aliphatic carbocycles. The molecule has 4 aromatic rings. The Morgan fingerprint density at radius 1 is 1.03 bits per heavy atom. The third kappa shape index (κ3) is 4.21. The second-order valence-electron chi connectivity index (χ2n) is 7.83. The summed E-state index contributed by atoms with van der Waals surface area (Å²) in [5, 5.41) is 9.72. The van der Waals surface area contributed by atoms with Crippen LogP contribution in [0.2, 0.25) is 0 Å². The summed E-state index contributed by atoms with van der Waals surface area (Å²) in [6.45, 7) is 5.61. The Morgan fingerprint density at radius 3 is 2.44 bits per heavy atom. The van der Waals surface area contributed by atoms with E-state index in [2.05, 4.69) is 4.98 Å². The molecule has 0 spiro atoms. The Labute approximate surface area is 197 Å². The normalized spacial score (nSPS) is 11.9. The Bertz CT molecular complexity index is 1650. The van der Waals surface area contributed by atoms with Gasteiger partial charge in [0.15, 0.2) is 0 Å². The summed E-state index contributed by atoms with van der Waals surface area (Å²) in [5.74, 6) is 0.386. The minimum absolute atomic E-state index is 0.0515. The van der Waals surface area contributed by atoms with Gasteiger partial charge >= 0.3 is 0 Å². The van der Waals surface area contributed by atoms with Crippen LogP contribution in [0.3, 0.4) is 0 Å². The predicted molar refractivity (Wildman–Crippen MR) is 129 cm³/mol. The van der Waals surface area contributed by atoms with Gasteiger partial charge in [-0.15, -0.1) is 0 Å². The summed E-state index contributed by atoms with van der Waals surface area (Å²) in [4.78, 5) is 17.3. The summed E-state index contributed by atoms with van der Waals surface area (Å²) < 4.78 is 33.5. The molecule has 0 N–H and O–H groups in total. The average molecular weight is 472 g/mol. The molecule has 4 rings (SSSR count). The van der Waals surface area contributed by atoms with Crippen molar-refractivity contribution in [3.05, 3.63) is 104 Å². The Kier molecular flexibility index (Phi) is 6.05. The zero-order chi connectivity index (χ0) is 24.5. The molecule has 2 heterocycles. The zero-order valence-corrected chi connectivity index (χ0v) is 19.6. The minimum Gasteiger partial charge on any atom is -0.438 e. The predicted octanol–water partition coefficient (Wildman–Crippen LogP) is 4.75. The van der Waals surface area contributed by atoms with Crippen LogP contribution in [-0.4, -0.2) is 17.8 Å². The number of fused-ring (bicyclic) bond motifs is 1. The summed E-state index contributed by atoms with van der Waals surface area (Å²) in [6.07, 6.45) is 2.57. The summed E-state index contributed by atoms with van der Waals surface area (Å²) in [7, 11) is -4.16. The number of sulfone groups is 1. The van der Waals surface area contributed by atoms with E-state index in [0.29, 0.717) is 11.4 Å². The van der Waals surface area contributed by atoms with Crippen LogP contribution in [0.25, 0.3) is 11.7 Å². The van der Waals surface area contributed by atoms with Gasteiger partial charge in [-0.05, 0) is 62.2 Å². The molecule has 0 amide bonds. The highest BCUT2D eigenvalue weighted by atomic mass is 32.2. The minimum atomic E-state index is -4.16. The molecule has 0 bridgehead atoms. The van der Waals surface area contributed by atoms with Gasteiger partial charge in [0.1, 0.15) is 27.9 Å². The lowest BCUT2D eigenvalue weighted by Gasteiger charge is -2.13. The number of nitrogens with zero attached hydrogens (tertiary/aromatic N) is 3. The van der Waals surface area contributed by atoms with Crippen LogP contribution in [0.1, 0.15) is 22.3 Å². The van der Waals surface area contributed by atoms with E-state index >= 15 is 0 Å². The number of nitriles is 1. The van der Waals surface area contributed by atoms with Crippen molar-refractivity contribution in [1.82, 2.24) is 9.38 Å². The van der Waals surface area contributed by atoms with Crippen LogP contribution >= 0.6 is 0 Å². The second-order valence-corrected chi connectivity index (χ2v) is 9.75. The largest absolute Gasteiger partial charge is 0.438 e. The number of aromatic nitrogens is 2. The maximum atomic E-state index is 13.4. The monoisotopic (exact) mass is 471 g/mol. The molecular weight excluding hydrogens is 450 g/mol. The first-order chi connectivity index (χ1) is 16.2. The standard InChI is InChI=1S/C26H21N3O4S/c1-17-11-12-23(19(3)14-17)33-25-22(26(30)29-13-7-8-18(2)24(29)28-25)15-21(16-27)34(31,32)20-9-5-4-6-10-20/h4-15H,1-3H3/b21-15+.